The number of benzene rings is 2. The molecule has 0 aliphatic heterocycles. The van der Waals surface area contributed by atoms with Gasteiger partial charge in [-0.2, -0.15) is 0 Å². The van der Waals surface area contributed by atoms with Gasteiger partial charge < -0.3 is 14.2 Å². The molecule has 0 aliphatic rings. The first-order valence-electron chi connectivity index (χ1n) is 9.45. The normalized spacial score (nSPS) is 12.1. The van der Waals surface area contributed by atoms with Crippen molar-refractivity contribution in [3.05, 3.63) is 99.7 Å². The summed E-state index contributed by atoms with van der Waals surface area (Å²) in [6.07, 6.45) is -0.00266. The van der Waals surface area contributed by atoms with Gasteiger partial charge in [-0.1, -0.05) is 60.7 Å². The van der Waals surface area contributed by atoms with Crippen LogP contribution in [0.25, 0.3) is 0 Å². The fraction of sp³-hybridized carbons (Fsp3) is 0.217. The lowest BCUT2D eigenvalue weighted by Gasteiger charge is -2.38. The Kier molecular flexibility index (Phi) is 6.61. The number of carbonyl (C=O) groups is 1. The summed E-state index contributed by atoms with van der Waals surface area (Å²) in [5, 5.41) is 11.6. The number of methoxy groups -OCH3 is 2. The quantitative estimate of drug-likeness (QED) is 0.309. The second-order valence-electron chi connectivity index (χ2n) is 6.79. The van der Waals surface area contributed by atoms with E-state index in [1.807, 2.05) is 12.1 Å². The van der Waals surface area contributed by atoms with Crippen molar-refractivity contribution in [3.63, 3.8) is 0 Å². The first-order valence-corrected chi connectivity index (χ1v) is 9.45. The van der Waals surface area contributed by atoms with Gasteiger partial charge in [0.05, 0.1) is 12.0 Å². The van der Waals surface area contributed by atoms with Crippen LogP contribution in [0.15, 0.2) is 72.9 Å². The summed E-state index contributed by atoms with van der Waals surface area (Å²) in [4.78, 5) is 28.0. The highest BCUT2D eigenvalue weighted by atomic mass is 16.6. The third kappa shape index (κ3) is 4.24. The number of nitro groups is 1. The number of rotatable bonds is 8. The average Bonchev–Trinajstić information content (AvgIpc) is 2.80. The van der Waals surface area contributed by atoms with Crippen molar-refractivity contribution in [1.29, 1.82) is 0 Å². The molecule has 0 amide bonds. The minimum atomic E-state index is -1.46. The Labute approximate surface area is 179 Å². The maximum atomic E-state index is 13.0. The molecule has 0 bridgehead atoms. The molecule has 8 nitrogen and oxygen atoms in total. The Morgan fingerprint density at radius 2 is 1.58 bits per heavy atom. The minimum absolute atomic E-state index is 0.306. The number of hydrogen-bond acceptors (Lipinski definition) is 7. The van der Waals surface area contributed by atoms with Crippen molar-refractivity contribution < 1.29 is 23.9 Å². The van der Waals surface area contributed by atoms with Crippen LogP contribution < -0.4 is 4.74 Å². The molecule has 0 aliphatic carbocycles. The molecule has 0 radical (unpaired) electrons. The zero-order valence-corrected chi connectivity index (χ0v) is 17.3. The van der Waals surface area contributed by atoms with Crippen molar-refractivity contribution in [2.24, 2.45) is 0 Å². The van der Waals surface area contributed by atoms with E-state index in [0.717, 1.165) is 0 Å². The smallest absolute Gasteiger partial charge is 0.350 e. The number of hydrogen-bond donors (Lipinski definition) is 0. The molecule has 0 fully saturated rings. The van der Waals surface area contributed by atoms with Gasteiger partial charge in [0, 0.05) is 19.4 Å². The van der Waals surface area contributed by atoms with E-state index in [2.05, 4.69) is 4.98 Å². The van der Waals surface area contributed by atoms with E-state index in [0.29, 0.717) is 16.7 Å². The van der Waals surface area contributed by atoms with Crippen LogP contribution in [0.3, 0.4) is 0 Å². The maximum absolute atomic E-state index is 13.0. The fourth-order valence-electron chi connectivity index (χ4n) is 3.46. The van der Waals surface area contributed by atoms with Crippen LogP contribution >= 0.6 is 0 Å². The summed E-state index contributed by atoms with van der Waals surface area (Å²) in [6, 6.07) is 19.3. The van der Waals surface area contributed by atoms with Crippen LogP contribution in [0, 0.1) is 17.0 Å². The highest BCUT2D eigenvalue weighted by Gasteiger charge is 2.50. The molecule has 31 heavy (non-hydrogen) atoms. The molecule has 1 aromatic heterocycles. The molecule has 3 rings (SSSR count). The van der Waals surface area contributed by atoms with Crippen LogP contribution in [0.4, 0.5) is 5.69 Å². The van der Waals surface area contributed by atoms with Crippen molar-refractivity contribution in [2.75, 3.05) is 14.2 Å². The van der Waals surface area contributed by atoms with E-state index >= 15 is 0 Å². The Hall–Kier alpha value is -3.78. The van der Waals surface area contributed by atoms with E-state index in [9.17, 15) is 14.9 Å². The van der Waals surface area contributed by atoms with E-state index in [-0.39, 0.29) is 11.6 Å². The van der Waals surface area contributed by atoms with Crippen molar-refractivity contribution in [1.82, 2.24) is 4.98 Å². The third-order valence-corrected chi connectivity index (χ3v) is 4.91. The van der Waals surface area contributed by atoms with Crippen LogP contribution in [0.5, 0.6) is 5.88 Å². The number of nitrogens with zero attached hydrogens (tertiary/aromatic N) is 2. The molecular formula is C23H22N2O6. The van der Waals surface area contributed by atoms with Crippen LogP contribution in [-0.4, -0.2) is 36.2 Å². The lowest BCUT2D eigenvalue weighted by Crippen LogP contribution is -2.51. The van der Waals surface area contributed by atoms with E-state index in [1.54, 1.807) is 55.5 Å². The Bertz CT molecular complexity index is 1020. The Morgan fingerprint density at radius 1 is 1.03 bits per heavy atom. The molecule has 160 valence electrons. The van der Waals surface area contributed by atoms with Gasteiger partial charge in [0.25, 0.3) is 5.88 Å². The van der Waals surface area contributed by atoms with Gasteiger partial charge in [0.2, 0.25) is 6.10 Å². The molecular weight excluding hydrogens is 400 g/mol. The lowest BCUT2D eigenvalue weighted by atomic mass is 9.81. The average molecular weight is 422 g/mol. The number of pyridine rings is 1. The highest BCUT2D eigenvalue weighted by molar-refractivity contribution is 5.78. The zero-order valence-electron chi connectivity index (χ0n) is 17.3. The molecule has 2 aromatic carbocycles. The van der Waals surface area contributed by atoms with Gasteiger partial charge in [-0.15, -0.1) is 0 Å². The van der Waals surface area contributed by atoms with Crippen molar-refractivity contribution >= 4 is 11.7 Å². The summed E-state index contributed by atoms with van der Waals surface area (Å²) in [5.41, 5.74) is -0.0312. The van der Waals surface area contributed by atoms with Crippen LogP contribution in [0.1, 0.15) is 16.7 Å². The van der Waals surface area contributed by atoms with Gasteiger partial charge in [-0.25, -0.2) is 9.78 Å². The van der Waals surface area contributed by atoms with Gasteiger partial charge in [-0.05, 0) is 23.6 Å². The first-order chi connectivity index (χ1) is 14.9. The van der Waals surface area contributed by atoms with E-state index < -0.39 is 22.6 Å². The van der Waals surface area contributed by atoms with Crippen molar-refractivity contribution in [2.45, 2.75) is 18.6 Å². The molecule has 1 unspecified atom stereocenters. The molecule has 0 spiro atoms. The predicted molar refractivity (Wildman–Crippen MR) is 113 cm³/mol. The minimum Gasteiger partial charge on any atom is -0.466 e. The number of aryl methyl sites for hydroxylation is 1. The molecule has 1 atom stereocenters. The molecule has 1 heterocycles. The predicted octanol–water partition coefficient (Wildman–Crippen LogP) is 3.81. The second-order valence-corrected chi connectivity index (χ2v) is 6.79. The number of carbonyl (C=O) groups excluding carboxylic acids is 1. The first kappa shape index (κ1) is 21.9. The zero-order chi connectivity index (χ0) is 22.4. The standard InChI is InChI=1S/C23H22N2O6/c1-16-14-19(25(27)28)21(24-15-16)31-20(22(26)29-2)23(30-3,17-10-6-4-7-11-17)18-12-8-5-9-13-18/h4-15,20H,1-3H3. The summed E-state index contributed by atoms with van der Waals surface area (Å²) in [5.74, 6) is -1.08. The maximum Gasteiger partial charge on any atom is 0.350 e. The SMILES string of the molecule is COC(=O)C(Oc1ncc(C)cc1[N+](=O)[O-])C(OC)(c1ccccc1)c1ccccc1. The topological polar surface area (TPSA) is 101 Å². The largest absolute Gasteiger partial charge is 0.466 e. The molecule has 3 aromatic rings. The summed E-state index contributed by atoms with van der Waals surface area (Å²) in [6.45, 7) is 1.68. The van der Waals surface area contributed by atoms with Crippen molar-refractivity contribution in [3.8, 4) is 5.88 Å². The number of aromatic nitrogens is 1. The van der Waals surface area contributed by atoms with Gasteiger partial charge in [0.1, 0.15) is 0 Å². The highest BCUT2D eigenvalue weighted by Crippen LogP contribution is 2.40. The van der Waals surface area contributed by atoms with Crippen LogP contribution in [-0.2, 0) is 19.9 Å². The second kappa shape index (κ2) is 9.36. The number of ether oxygens (including phenoxy) is 3. The van der Waals surface area contributed by atoms with E-state index in [1.165, 1.54) is 26.5 Å². The fourth-order valence-corrected chi connectivity index (χ4v) is 3.46. The lowest BCUT2D eigenvalue weighted by molar-refractivity contribution is -0.386. The molecule has 8 heteroatoms. The number of esters is 1. The Balaban J connectivity index is 2.25. The van der Waals surface area contributed by atoms with Gasteiger partial charge in [0.15, 0.2) is 5.60 Å². The summed E-state index contributed by atoms with van der Waals surface area (Å²) >= 11 is 0. The monoisotopic (exact) mass is 422 g/mol. The van der Waals surface area contributed by atoms with Gasteiger partial charge >= 0.3 is 11.7 Å². The van der Waals surface area contributed by atoms with E-state index in [4.69, 9.17) is 14.2 Å². The Morgan fingerprint density at radius 3 is 2.03 bits per heavy atom. The molecule has 0 saturated carbocycles. The summed E-state index contributed by atoms with van der Waals surface area (Å²) < 4.78 is 16.9. The van der Waals surface area contributed by atoms with Crippen LogP contribution in [0.2, 0.25) is 0 Å². The molecule has 0 N–H and O–H groups in total. The third-order valence-electron chi connectivity index (χ3n) is 4.91. The molecule has 0 saturated heterocycles. The summed E-state index contributed by atoms with van der Waals surface area (Å²) in [7, 11) is 2.66. The van der Waals surface area contributed by atoms with Gasteiger partial charge in [-0.3, -0.25) is 10.1 Å².